The summed E-state index contributed by atoms with van der Waals surface area (Å²) in [5.74, 6) is -0.0652. The molecule has 3 unspecified atom stereocenters. The Balaban J connectivity index is 1.48. The molecule has 0 saturated carbocycles. The fourth-order valence-corrected chi connectivity index (χ4v) is 3.52. The Bertz CT molecular complexity index is 916. The Hall–Kier alpha value is -2.94. The largest absolute Gasteiger partial charge is 0.497 e. The Kier molecular flexibility index (Phi) is 8.43. The molecule has 178 valence electrons. The molecule has 2 aromatic rings. The molecule has 3 atom stereocenters. The highest BCUT2D eigenvalue weighted by molar-refractivity contribution is 5.82. The van der Waals surface area contributed by atoms with E-state index < -0.39 is 29.8 Å². The molecule has 8 heteroatoms. The quantitative estimate of drug-likeness (QED) is 0.535. The van der Waals surface area contributed by atoms with E-state index in [-0.39, 0.29) is 18.9 Å². The van der Waals surface area contributed by atoms with Crippen LogP contribution in [0.1, 0.15) is 37.7 Å². The van der Waals surface area contributed by atoms with Gasteiger partial charge in [0.2, 0.25) is 11.8 Å². The van der Waals surface area contributed by atoms with Crippen LogP contribution in [0.4, 0.5) is 0 Å². The third-order valence-electron chi connectivity index (χ3n) is 5.53. The van der Waals surface area contributed by atoms with E-state index in [0.717, 1.165) is 16.9 Å². The van der Waals surface area contributed by atoms with Crippen molar-refractivity contribution in [2.75, 3.05) is 20.3 Å². The first-order chi connectivity index (χ1) is 15.8. The summed E-state index contributed by atoms with van der Waals surface area (Å²) in [6.45, 7) is 4.61. The second kappa shape index (κ2) is 11.3. The first-order valence-corrected chi connectivity index (χ1v) is 11.0. The van der Waals surface area contributed by atoms with Gasteiger partial charge in [-0.2, -0.15) is 0 Å². The smallest absolute Gasteiger partial charge is 0.249 e. The fraction of sp³-hybridized carbons (Fsp3) is 0.440. The molecule has 33 heavy (non-hydrogen) atoms. The van der Waals surface area contributed by atoms with Crippen molar-refractivity contribution in [1.29, 1.82) is 0 Å². The zero-order chi connectivity index (χ0) is 23.8. The molecule has 1 heterocycles. The standard InChI is InChI=1S/C25H32N2O6/c1-25(2)16-32-24(18-9-11-19(31-3)12-10-18)33-21(25)23(30)26-14-13-20(28)22(29)27-15-17-7-5-4-6-8-17/h4-12,20-21,24,28H,13-16H2,1-3H3,(H,26,30)(H,27,29). The minimum absolute atomic E-state index is 0.0952. The second-order valence-corrected chi connectivity index (χ2v) is 8.72. The van der Waals surface area contributed by atoms with Crippen LogP contribution in [-0.2, 0) is 25.6 Å². The molecular formula is C25H32N2O6. The maximum atomic E-state index is 12.9. The van der Waals surface area contributed by atoms with Gasteiger partial charge in [-0.3, -0.25) is 9.59 Å². The summed E-state index contributed by atoms with van der Waals surface area (Å²) in [6.07, 6.45) is -2.54. The lowest BCUT2D eigenvalue weighted by atomic mass is 9.85. The van der Waals surface area contributed by atoms with Crippen molar-refractivity contribution in [2.45, 2.75) is 45.3 Å². The molecule has 3 N–H and O–H groups in total. The van der Waals surface area contributed by atoms with E-state index in [2.05, 4.69) is 10.6 Å². The summed E-state index contributed by atoms with van der Waals surface area (Å²) >= 11 is 0. The average molecular weight is 457 g/mol. The molecule has 1 aliphatic heterocycles. The molecule has 0 radical (unpaired) electrons. The van der Waals surface area contributed by atoms with Crippen molar-refractivity contribution in [3.8, 4) is 5.75 Å². The van der Waals surface area contributed by atoms with Crippen LogP contribution in [0.25, 0.3) is 0 Å². The average Bonchev–Trinajstić information content (AvgIpc) is 2.83. The van der Waals surface area contributed by atoms with Gasteiger partial charge in [-0.25, -0.2) is 0 Å². The minimum Gasteiger partial charge on any atom is -0.497 e. The number of hydrogen-bond donors (Lipinski definition) is 3. The molecular weight excluding hydrogens is 424 g/mol. The summed E-state index contributed by atoms with van der Waals surface area (Å²) in [5, 5.41) is 15.6. The number of benzene rings is 2. The van der Waals surface area contributed by atoms with Crippen molar-refractivity contribution in [3.63, 3.8) is 0 Å². The van der Waals surface area contributed by atoms with Gasteiger partial charge >= 0.3 is 0 Å². The third kappa shape index (κ3) is 6.77. The molecule has 8 nitrogen and oxygen atoms in total. The SMILES string of the molecule is COc1ccc(C2OCC(C)(C)C(C(=O)NCCC(O)C(=O)NCc3ccccc3)O2)cc1. The van der Waals surface area contributed by atoms with Crippen molar-refractivity contribution in [3.05, 3.63) is 65.7 Å². The van der Waals surface area contributed by atoms with Crippen molar-refractivity contribution in [2.24, 2.45) is 5.41 Å². The normalized spacial score (nSPS) is 20.5. The van der Waals surface area contributed by atoms with Gasteiger partial charge < -0.3 is 30.0 Å². The van der Waals surface area contributed by atoms with Crippen LogP contribution in [0.3, 0.4) is 0 Å². The molecule has 2 aromatic carbocycles. The van der Waals surface area contributed by atoms with Crippen molar-refractivity contribution in [1.82, 2.24) is 10.6 Å². The van der Waals surface area contributed by atoms with E-state index in [1.807, 2.05) is 56.3 Å². The highest BCUT2D eigenvalue weighted by Gasteiger charge is 2.43. The number of aliphatic hydroxyl groups excluding tert-OH is 1. The Morgan fingerprint density at radius 3 is 2.48 bits per heavy atom. The number of amides is 2. The van der Waals surface area contributed by atoms with E-state index in [9.17, 15) is 14.7 Å². The molecule has 0 aromatic heterocycles. The fourth-order valence-electron chi connectivity index (χ4n) is 3.52. The topological polar surface area (TPSA) is 106 Å². The van der Waals surface area contributed by atoms with E-state index in [4.69, 9.17) is 14.2 Å². The van der Waals surface area contributed by atoms with Crippen LogP contribution in [0.2, 0.25) is 0 Å². The van der Waals surface area contributed by atoms with Crippen LogP contribution >= 0.6 is 0 Å². The first-order valence-electron chi connectivity index (χ1n) is 11.0. The highest BCUT2D eigenvalue weighted by atomic mass is 16.7. The lowest BCUT2D eigenvalue weighted by Gasteiger charge is -2.41. The number of aliphatic hydroxyl groups is 1. The van der Waals surface area contributed by atoms with Gasteiger partial charge in [-0.15, -0.1) is 0 Å². The van der Waals surface area contributed by atoms with Crippen molar-refractivity contribution < 1.29 is 28.9 Å². The highest BCUT2D eigenvalue weighted by Crippen LogP contribution is 2.36. The first kappa shape index (κ1) is 24.7. The number of hydrogen-bond acceptors (Lipinski definition) is 6. The molecule has 0 bridgehead atoms. The van der Waals surface area contributed by atoms with Crippen LogP contribution in [0, 0.1) is 5.41 Å². The van der Waals surface area contributed by atoms with E-state index in [0.29, 0.717) is 13.2 Å². The van der Waals surface area contributed by atoms with Gasteiger partial charge in [-0.05, 0) is 24.1 Å². The molecule has 0 aliphatic carbocycles. The number of carbonyl (C=O) groups excluding carboxylic acids is 2. The Morgan fingerprint density at radius 2 is 1.82 bits per heavy atom. The summed E-state index contributed by atoms with van der Waals surface area (Å²) in [7, 11) is 1.59. The van der Waals surface area contributed by atoms with E-state index >= 15 is 0 Å². The van der Waals surface area contributed by atoms with Gasteiger partial charge in [0.15, 0.2) is 6.29 Å². The number of rotatable bonds is 9. The monoisotopic (exact) mass is 456 g/mol. The third-order valence-corrected chi connectivity index (χ3v) is 5.53. The van der Waals surface area contributed by atoms with Gasteiger partial charge in [-0.1, -0.05) is 56.3 Å². The molecule has 3 rings (SSSR count). The molecule has 1 fully saturated rings. The lowest BCUT2D eigenvalue weighted by molar-refractivity contribution is -0.258. The molecule has 2 amide bonds. The van der Waals surface area contributed by atoms with Gasteiger partial charge in [0.25, 0.3) is 0 Å². The number of nitrogens with one attached hydrogen (secondary N) is 2. The second-order valence-electron chi connectivity index (χ2n) is 8.72. The lowest BCUT2D eigenvalue weighted by Crippen LogP contribution is -2.52. The molecule has 0 spiro atoms. The predicted molar refractivity (Wildman–Crippen MR) is 122 cm³/mol. The Labute approximate surface area is 194 Å². The van der Waals surface area contributed by atoms with Crippen LogP contribution in [0.15, 0.2) is 54.6 Å². The molecule has 1 aliphatic rings. The maximum absolute atomic E-state index is 12.9. The van der Waals surface area contributed by atoms with E-state index in [1.54, 1.807) is 19.2 Å². The van der Waals surface area contributed by atoms with Crippen LogP contribution < -0.4 is 15.4 Å². The maximum Gasteiger partial charge on any atom is 0.249 e. The zero-order valence-corrected chi connectivity index (χ0v) is 19.2. The summed E-state index contributed by atoms with van der Waals surface area (Å²) in [6, 6.07) is 16.7. The predicted octanol–water partition coefficient (Wildman–Crippen LogP) is 2.32. The van der Waals surface area contributed by atoms with Crippen molar-refractivity contribution >= 4 is 11.8 Å². The Morgan fingerprint density at radius 1 is 1.12 bits per heavy atom. The number of ether oxygens (including phenoxy) is 3. The van der Waals surface area contributed by atoms with Gasteiger partial charge in [0, 0.05) is 24.1 Å². The number of carbonyl (C=O) groups is 2. The zero-order valence-electron chi connectivity index (χ0n) is 19.2. The molecule has 1 saturated heterocycles. The number of methoxy groups -OCH3 is 1. The summed E-state index contributed by atoms with van der Waals surface area (Å²) in [5.41, 5.74) is 1.19. The van der Waals surface area contributed by atoms with Gasteiger partial charge in [0.1, 0.15) is 18.0 Å². The summed E-state index contributed by atoms with van der Waals surface area (Å²) in [4.78, 5) is 25.0. The summed E-state index contributed by atoms with van der Waals surface area (Å²) < 4.78 is 17.0. The minimum atomic E-state index is -1.22. The van der Waals surface area contributed by atoms with Crippen LogP contribution in [0.5, 0.6) is 5.75 Å². The van der Waals surface area contributed by atoms with Crippen LogP contribution in [-0.4, -0.2) is 49.4 Å². The van der Waals surface area contributed by atoms with Gasteiger partial charge in [0.05, 0.1) is 13.7 Å². The van der Waals surface area contributed by atoms with E-state index in [1.165, 1.54) is 0 Å².